The van der Waals surface area contributed by atoms with Gasteiger partial charge >= 0.3 is 5.97 Å². The van der Waals surface area contributed by atoms with Crippen molar-refractivity contribution in [1.29, 1.82) is 0 Å². The third-order valence-corrected chi connectivity index (χ3v) is 2.25. The first-order chi connectivity index (χ1) is 7.50. The molecular weight excluding hydrogens is 208 g/mol. The van der Waals surface area contributed by atoms with Gasteiger partial charge in [-0.2, -0.15) is 0 Å². The maximum atomic E-state index is 10.8. The number of hydrogen-bond donors (Lipinski definition) is 2. The van der Waals surface area contributed by atoms with Crippen molar-refractivity contribution < 1.29 is 14.7 Å². The van der Waals surface area contributed by atoms with Crippen LogP contribution in [-0.4, -0.2) is 30.6 Å². The van der Waals surface area contributed by atoms with E-state index in [0.717, 1.165) is 5.69 Å². The van der Waals surface area contributed by atoms with E-state index in [0.29, 0.717) is 12.1 Å². The summed E-state index contributed by atoms with van der Waals surface area (Å²) in [5.74, 6) is -1.31. The Morgan fingerprint density at radius 3 is 2.31 bits per heavy atom. The number of carbonyl (C=O) groups is 2. The smallest absolute Gasteiger partial charge is 0.305 e. The second-order valence-corrected chi connectivity index (χ2v) is 3.48. The van der Waals surface area contributed by atoms with Gasteiger partial charge in [0.05, 0.1) is 6.42 Å². The van der Waals surface area contributed by atoms with Gasteiger partial charge in [0.1, 0.15) is 0 Å². The molecular formula is C11H14N2O3. The van der Waals surface area contributed by atoms with Gasteiger partial charge in [0.15, 0.2) is 0 Å². The molecule has 16 heavy (non-hydrogen) atoms. The number of carboxylic acids is 1. The third-order valence-electron chi connectivity index (χ3n) is 2.25. The number of primary amides is 1. The summed E-state index contributed by atoms with van der Waals surface area (Å²) in [6.45, 7) is 0.422. The molecule has 1 amide bonds. The average molecular weight is 222 g/mol. The lowest BCUT2D eigenvalue weighted by Gasteiger charge is -2.18. The normalized spacial score (nSPS) is 9.81. The minimum Gasteiger partial charge on any atom is -0.481 e. The molecule has 1 aromatic rings. The molecule has 0 saturated heterocycles. The zero-order valence-electron chi connectivity index (χ0n) is 9.01. The van der Waals surface area contributed by atoms with Crippen molar-refractivity contribution >= 4 is 17.6 Å². The third kappa shape index (κ3) is 3.27. The highest BCUT2D eigenvalue weighted by molar-refractivity contribution is 5.93. The molecule has 0 radical (unpaired) electrons. The van der Waals surface area contributed by atoms with Gasteiger partial charge in [-0.3, -0.25) is 9.59 Å². The van der Waals surface area contributed by atoms with Gasteiger partial charge in [-0.1, -0.05) is 0 Å². The number of carboxylic acid groups (broad SMARTS) is 1. The van der Waals surface area contributed by atoms with Crippen LogP contribution in [0.1, 0.15) is 16.8 Å². The maximum Gasteiger partial charge on any atom is 0.305 e. The molecule has 0 unspecified atom stereocenters. The number of aliphatic carboxylic acids is 1. The largest absolute Gasteiger partial charge is 0.481 e. The fraction of sp³-hybridized carbons (Fsp3) is 0.273. The van der Waals surface area contributed by atoms with Crippen molar-refractivity contribution in [2.45, 2.75) is 6.42 Å². The van der Waals surface area contributed by atoms with Crippen LogP contribution in [0.5, 0.6) is 0 Å². The number of nitrogens with zero attached hydrogens (tertiary/aromatic N) is 1. The minimum absolute atomic E-state index is 0.0775. The first kappa shape index (κ1) is 12.0. The summed E-state index contributed by atoms with van der Waals surface area (Å²) < 4.78 is 0. The monoisotopic (exact) mass is 222 g/mol. The Kier molecular flexibility index (Phi) is 3.88. The Bertz CT molecular complexity index is 387. The Morgan fingerprint density at radius 1 is 1.31 bits per heavy atom. The fourth-order valence-electron chi connectivity index (χ4n) is 1.27. The van der Waals surface area contributed by atoms with Crippen LogP contribution in [0, 0.1) is 0 Å². The highest BCUT2D eigenvalue weighted by Gasteiger charge is 2.05. The van der Waals surface area contributed by atoms with Crippen LogP contribution in [-0.2, 0) is 4.79 Å². The second kappa shape index (κ2) is 5.16. The Balaban J connectivity index is 2.66. The van der Waals surface area contributed by atoms with E-state index in [-0.39, 0.29) is 6.42 Å². The number of carbonyl (C=O) groups excluding carboxylic acids is 1. The predicted octanol–water partition coefficient (Wildman–Crippen LogP) is 0.696. The molecule has 0 aliphatic rings. The SMILES string of the molecule is CN(CCC(=O)O)c1ccc(C(N)=O)cc1. The van der Waals surface area contributed by atoms with Crippen molar-refractivity contribution in [2.24, 2.45) is 5.73 Å². The second-order valence-electron chi connectivity index (χ2n) is 3.48. The molecule has 0 bridgehead atoms. The summed E-state index contributed by atoms with van der Waals surface area (Å²) in [6.07, 6.45) is 0.0775. The van der Waals surface area contributed by atoms with E-state index in [1.165, 1.54) is 0 Å². The fourth-order valence-corrected chi connectivity index (χ4v) is 1.27. The molecule has 0 aliphatic carbocycles. The van der Waals surface area contributed by atoms with Crippen LogP contribution < -0.4 is 10.6 Å². The van der Waals surface area contributed by atoms with Crippen LogP contribution in [0.2, 0.25) is 0 Å². The Labute approximate surface area is 93.5 Å². The molecule has 1 rings (SSSR count). The molecule has 0 fully saturated rings. The number of rotatable bonds is 5. The van der Waals surface area contributed by atoms with E-state index < -0.39 is 11.9 Å². The summed E-state index contributed by atoms with van der Waals surface area (Å²) in [4.78, 5) is 23.0. The molecule has 86 valence electrons. The standard InChI is InChI=1S/C11H14N2O3/c1-13(7-6-10(14)15)9-4-2-8(3-5-9)11(12)16/h2-5H,6-7H2,1H3,(H2,12,16)(H,14,15). The van der Waals surface area contributed by atoms with Gasteiger partial charge in [-0.15, -0.1) is 0 Å². The van der Waals surface area contributed by atoms with Gasteiger partial charge < -0.3 is 15.7 Å². The molecule has 0 heterocycles. The number of benzene rings is 1. The van der Waals surface area contributed by atoms with Crippen molar-refractivity contribution in [3.63, 3.8) is 0 Å². The number of anilines is 1. The molecule has 0 spiro atoms. The van der Waals surface area contributed by atoms with E-state index in [1.807, 2.05) is 0 Å². The van der Waals surface area contributed by atoms with E-state index in [1.54, 1.807) is 36.2 Å². The first-order valence-electron chi connectivity index (χ1n) is 4.83. The summed E-state index contributed by atoms with van der Waals surface area (Å²) in [5, 5.41) is 8.54. The van der Waals surface area contributed by atoms with Crippen LogP contribution in [0.3, 0.4) is 0 Å². The quantitative estimate of drug-likeness (QED) is 0.768. The van der Waals surface area contributed by atoms with Crippen molar-refractivity contribution in [3.8, 4) is 0 Å². The van der Waals surface area contributed by atoms with Gasteiger partial charge in [-0.05, 0) is 24.3 Å². The van der Waals surface area contributed by atoms with Gasteiger partial charge in [0, 0.05) is 24.8 Å². The molecule has 0 saturated carbocycles. The number of nitrogens with two attached hydrogens (primary N) is 1. The molecule has 5 heteroatoms. The van der Waals surface area contributed by atoms with E-state index >= 15 is 0 Å². The maximum absolute atomic E-state index is 10.8. The zero-order chi connectivity index (χ0) is 12.1. The lowest BCUT2D eigenvalue weighted by molar-refractivity contribution is -0.136. The van der Waals surface area contributed by atoms with Crippen LogP contribution in [0.4, 0.5) is 5.69 Å². The zero-order valence-corrected chi connectivity index (χ0v) is 9.01. The Hall–Kier alpha value is -2.04. The van der Waals surface area contributed by atoms with E-state index in [2.05, 4.69) is 0 Å². The molecule has 0 aromatic heterocycles. The summed E-state index contributed by atoms with van der Waals surface area (Å²) in [6, 6.07) is 6.72. The van der Waals surface area contributed by atoms with Crippen molar-refractivity contribution in [1.82, 2.24) is 0 Å². The molecule has 5 nitrogen and oxygen atoms in total. The average Bonchev–Trinajstić information content (AvgIpc) is 2.26. The molecule has 1 aromatic carbocycles. The van der Waals surface area contributed by atoms with E-state index in [4.69, 9.17) is 10.8 Å². The Morgan fingerprint density at radius 2 is 1.88 bits per heavy atom. The van der Waals surface area contributed by atoms with Crippen molar-refractivity contribution in [2.75, 3.05) is 18.5 Å². The number of amides is 1. The van der Waals surface area contributed by atoms with Crippen LogP contribution in [0.25, 0.3) is 0 Å². The summed E-state index contributed by atoms with van der Waals surface area (Å²) >= 11 is 0. The van der Waals surface area contributed by atoms with Gasteiger partial charge in [0.25, 0.3) is 0 Å². The van der Waals surface area contributed by atoms with Crippen LogP contribution in [0.15, 0.2) is 24.3 Å². The summed E-state index contributed by atoms with van der Waals surface area (Å²) in [7, 11) is 1.79. The highest BCUT2D eigenvalue weighted by atomic mass is 16.4. The topological polar surface area (TPSA) is 83.6 Å². The predicted molar refractivity (Wildman–Crippen MR) is 60.5 cm³/mol. The van der Waals surface area contributed by atoms with Gasteiger partial charge in [-0.25, -0.2) is 0 Å². The summed E-state index contributed by atoms with van der Waals surface area (Å²) in [5.41, 5.74) is 6.40. The van der Waals surface area contributed by atoms with Gasteiger partial charge in [0.2, 0.25) is 5.91 Å². The molecule has 3 N–H and O–H groups in total. The lowest BCUT2D eigenvalue weighted by Crippen LogP contribution is -2.21. The van der Waals surface area contributed by atoms with E-state index in [9.17, 15) is 9.59 Å². The lowest BCUT2D eigenvalue weighted by atomic mass is 10.2. The minimum atomic E-state index is -0.833. The van der Waals surface area contributed by atoms with Crippen molar-refractivity contribution in [3.05, 3.63) is 29.8 Å². The molecule has 0 atom stereocenters. The molecule has 0 aliphatic heterocycles. The number of hydrogen-bond acceptors (Lipinski definition) is 3. The van der Waals surface area contributed by atoms with Crippen LogP contribution >= 0.6 is 0 Å². The first-order valence-corrected chi connectivity index (χ1v) is 4.83. The highest BCUT2D eigenvalue weighted by Crippen LogP contribution is 2.13.